The van der Waals surface area contributed by atoms with Gasteiger partial charge in [0.25, 0.3) is 0 Å². The second-order valence-corrected chi connectivity index (χ2v) is 5.85. The van der Waals surface area contributed by atoms with Crippen LogP contribution in [0.15, 0.2) is 30.3 Å². The predicted octanol–water partition coefficient (Wildman–Crippen LogP) is 1.52. The smallest absolute Gasteiger partial charge is 0.410 e. The van der Waals surface area contributed by atoms with Crippen LogP contribution in [-0.2, 0) is 20.9 Å². The Morgan fingerprint density at radius 1 is 0.962 bits per heavy atom. The molecule has 1 amide bonds. The topological polar surface area (TPSA) is 107 Å². The highest BCUT2D eigenvalue weighted by Gasteiger charge is 2.21. The van der Waals surface area contributed by atoms with E-state index >= 15 is 0 Å². The molecular weight excluding hydrogens is 360 g/mol. The maximum atomic E-state index is 11.7. The van der Waals surface area contributed by atoms with Crippen LogP contribution in [0.2, 0.25) is 0 Å². The minimum atomic E-state index is -0.332. The first-order valence-corrected chi connectivity index (χ1v) is 8.35. The third-order valence-electron chi connectivity index (χ3n) is 3.95. The van der Waals surface area contributed by atoms with Crippen LogP contribution in [0.25, 0.3) is 0 Å². The normalized spacial score (nSPS) is 16.4. The molecule has 0 saturated carbocycles. The number of hydrogen-bond acceptors (Lipinski definition) is 5. The molecule has 2 aliphatic rings. The van der Waals surface area contributed by atoms with Crippen molar-refractivity contribution in [3.05, 3.63) is 35.9 Å². The molecule has 8 heteroatoms. The highest BCUT2D eigenvalue weighted by molar-refractivity contribution is 5.85. The number of carbonyl (C=O) groups is 3. The number of likely N-dealkylation sites (tertiary alicyclic amines) is 1. The number of nitrogens with zero attached hydrogens (tertiary/aromatic N) is 1. The van der Waals surface area contributed by atoms with E-state index in [0.29, 0.717) is 31.7 Å². The minimum Gasteiger partial charge on any atom is -0.445 e. The quantitative estimate of drug-likeness (QED) is 0.829. The Kier molecular flexibility index (Phi) is 12.3. The van der Waals surface area contributed by atoms with Crippen molar-refractivity contribution < 1.29 is 24.6 Å². The number of ether oxygens (including phenoxy) is 1. The lowest BCUT2D eigenvalue weighted by molar-refractivity contribution is -0.121. The van der Waals surface area contributed by atoms with Gasteiger partial charge in [0.2, 0.25) is 0 Å². The van der Waals surface area contributed by atoms with Crippen molar-refractivity contribution in [3.8, 4) is 0 Å². The molecule has 3 rings (SSSR count). The average Bonchev–Trinajstić information content (AvgIpc) is 2.62. The number of nitrogens with one attached hydrogen (secondary N) is 1. The second kappa shape index (κ2) is 13.3. The van der Waals surface area contributed by atoms with Crippen LogP contribution >= 0.6 is 12.4 Å². The molecule has 0 aromatic heterocycles. The molecule has 3 N–H and O–H groups in total. The van der Waals surface area contributed by atoms with E-state index < -0.39 is 0 Å². The van der Waals surface area contributed by atoms with E-state index in [4.69, 9.17) is 4.74 Å². The number of piperidine rings is 2. The summed E-state index contributed by atoms with van der Waals surface area (Å²) in [5.41, 5.74) is 0.967. The fourth-order valence-electron chi connectivity index (χ4n) is 2.45. The fourth-order valence-corrected chi connectivity index (χ4v) is 2.45. The number of ketones is 2. The Morgan fingerprint density at radius 2 is 1.50 bits per heavy atom. The van der Waals surface area contributed by atoms with Crippen LogP contribution < -0.4 is 5.32 Å². The zero-order valence-corrected chi connectivity index (χ0v) is 15.6. The first kappa shape index (κ1) is 24.0. The first-order valence-electron chi connectivity index (χ1n) is 8.35. The van der Waals surface area contributed by atoms with Gasteiger partial charge in [-0.25, -0.2) is 4.79 Å². The van der Waals surface area contributed by atoms with Crippen molar-refractivity contribution in [2.75, 3.05) is 26.2 Å². The van der Waals surface area contributed by atoms with E-state index in [-0.39, 0.29) is 36.4 Å². The number of hydrogen-bond donors (Lipinski definition) is 1. The lowest BCUT2D eigenvalue weighted by Crippen LogP contribution is -2.38. The molecule has 0 aliphatic carbocycles. The van der Waals surface area contributed by atoms with Gasteiger partial charge in [-0.1, -0.05) is 30.3 Å². The van der Waals surface area contributed by atoms with Crippen molar-refractivity contribution >= 4 is 30.1 Å². The van der Waals surface area contributed by atoms with Gasteiger partial charge in [-0.05, 0) is 5.56 Å². The van der Waals surface area contributed by atoms with Crippen LogP contribution in [0.4, 0.5) is 4.79 Å². The molecule has 0 atom stereocenters. The highest BCUT2D eigenvalue weighted by atomic mass is 35.5. The van der Waals surface area contributed by atoms with E-state index in [2.05, 4.69) is 5.32 Å². The molecule has 1 aromatic carbocycles. The van der Waals surface area contributed by atoms with Gasteiger partial charge in [0.1, 0.15) is 18.2 Å². The molecule has 2 fully saturated rings. The molecule has 2 saturated heterocycles. The molecule has 1 aromatic rings. The van der Waals surface area contributed by atoms with E-state index in [9.17, 15) is 14.4 Å². The largest absolute Gasteiger partial charge is 0.445 e. The maximum Gasteiger partial charge on any atom is 0.410 e. The van der Waals surface area contributed by atoms with Gasteiger partial charge < -0.3 is 20.4 Å². The zero-order valence-electron chi connectivity index (χ0n) is 14.7. The second-order valence-electron chi connectivity index (χ2n) is 5.85. The van der Waals surface area contributed by atoms with Gasteiger partial charge in [0.15, 0.2) is 0 Å². The summed E-state index contributed by atoms with van der Waals surface area (Å²) in [5, 5.41) is 3.09. The molecular formula is C18H27ClN2O5. The number of amides is 1. The van der Waals surface area contributed by atoms with Crippen LogP contribution in [-0.4, -0.2) is 54.2 Å². The third kappa shape index (κ3) is 8.94. The van der Waals surface area contributed by atoms with Gasteiger partial charge in [0.05, 0.1) is 0 Å². The van der Waals surface area contributed by atoms with Crippen LogP contribution in [0.1, 0.15) is 31.2 Å². The minimum absolute atomic E-state index is 0. The Hall–Kier alpha value is -1.96. The predicted molar refractivity (Wildman–Crippen MR) is 100 cm³/mol. The van der Waals surface area contributed by atoms with Crippen molar-refractivity contribution in [3.63, 3.8) is 0 Å². The summed E-state index contributed by atoms with van der Waals surface area (Å²) in [5.74, 6) is 0.621. The van der Waals surface area contributed by atoms with Crippen molar-refractivity contribution in [2.24, 2.45) is 0 Å². The summed E-state index contributed by atoms with van der Waals surface area (Å²) in [6.07, 6.45) is 2.03. The van der Waals surface area contributed by atoms with E-state index in [1.807, 2.05) is 30.3 Å². The molecule has 2 heterocycles. The molecule has 26 heavy (non-hydrogen) atoms. The number of halogens is 1. The summed E-state index contributed by atoms with van der Waals surface area (Å²) in [4.78, 5) is 34.7. The summed E-state index contributed by atoms with van der Waals surface area (Å²) in [7, 11) is 0. The lowest BCUT2D eigenvalue weighted by Gasteiger charge is -2.25. The third-order valence-corrected chi connectivity index (χ3v) is 3.95. The number of benzene rings is 1. The monoisotopic (exact) mass is 386 g/mol. The maximum absolute atomic E-state index is 11.7. The first-order chi connectivity index (χ1) is 11.6. The standard InChI is InChI=1S/C13H15NO3.C5H9NO.ClH.H2O/c15-12-6-8-14(9-7-12)13(16)17-10-11-4-2-1-3-5-11;7-5-1-3-6-4-2-5;;/h1-5H,6-10H2;6H,1-4H2;1H;1H2. The van der Waals surface area contributed by atoms with Gasteiger partial charge in [0, 0.05) is 51.9 Å². The Balaban J connectivity index is 0.000000592. The summed E-state index contributed by atoms with van der Waals surface area (Å²) in [6, 6.07) is 9.55. The van der Waals surface area contributed by atoms with Crippen LogP contribution in [0.5, 0.6) is 0 Å². The Labute approximate surface area is 159 Å². The molecule has 0 unspecified atom stereocenters. The fraction of sp³-hybridized carbons (Fsp3) is 0.500. The Morgan fingerprint density at radius 3 is 2.00 bits per heavy atom. The lowest BCUT2D eigenvalue weighted by atomic mass is 10.1. The van der Waals surface area contributed by atoms with Gasteiger partial charge >= 0.3 is 6.09 Å². The van der Waals surface area contributed by atoms with Crippen LogP contribution in [0, 0.1) is 0 Å². The van der Waals surface area contributed by atoms with Crippen LogP contribution in [0.3, 0.4) is 0 Å². The van der Waals surface area contributed by atoms with Crippen molar-refractivity contribution in [1.29, 1.82) is 0 Å². The summed E-state index contributed by atoms with van der Waals surface area (Å²) >= 11 is 0. The zero-order chi connectivity index (χ0) is 17.2. The molecule has 2 aliphatic heterocycles. The van der Waals surface area contributed by atoms with Gasteiger partial charge in [-0.2, -0.15) is 0 Å². The Bertz CT molecular complexity index is 550. The van der Waals surface area contributed by atoms with Gasteiger partial charge in [-0.3, -0.25) is 9.59 Å². The van der Waals surface area contributed by atoms with E-state index in [1.165, 1.54) is 0 Å². The summed E-state index contributed by atoms with van der Waals surface area (Å²) in [6.45, 7) is 3.01. The molecule has 0 spiro atoms. The van der Waals surface area contributed by atoms with Gasteiger partial charge in [-0.15, -0.1) is 12.4 Å². The SMILES string of the molecule is Cl.O.O=C1CCN(C(=O)OCc2ccccc2)CC1.O=C1CCNCC1. The van der Waals surface area contributed by atoms with E-state index in [0.717, 1.165) is 31.5 Å². The number of rotatable bonds is 2. The molecule has 0 bridgehead atoms. The van der Waals surface area contributed by atoms with Crippen molar-refractivity contribution in [2.45, 2.75) is 32.3 Å². The molecule has 7 nitrogen and oxygen atoms in total. The molecule has 0 radical (unpaired) electrons. The average molecular weight is 387 g/mol. The summed E-state index contributed by atoms with van der Waals surface area (Å²) < 4.78 is 5.18. The highest BCUT2D eigenvalue weighted by Crippen LogP contribution is 2.09. The van der Waals surface area contributed by atoms with Crippen molar-refractivity contribution in [1.82, 2.24) is 10.2 Å². The van der Waals surface area contributed by atoms with E-state index in [1.54, 1.807) is 4.90 Å². The molecule has 146 valence electrons. The number of Topliss-reactive ketones (excluding diaryl/α,β-unsaturated/α-hetero) is 2. The number of carbonyl (C=O) groups excluding carboxylic acids is 3.